The quantitative estimate of drug-likeness (QED) is 0.357. The van der Waals surface area contributed by atoms with Crippen molar-refractivity contribution in [3.8, 4) is 0 Å². The topological polar surface area (TPSA) is 9.23 Å². The molecule has 1 nitrogen and oxygen atoms in total. The Hall–Kier alpha value is 1.45. The predicted molar refractivity (Wildman–Crippen MR) is 12.9 cm³/mol. The van der Waals surface area contributed by atoms with E-state index in [2.05, 4.69) is 16.2 Å². The van der Waals surface area contributed by atoms with Crippen LogP contribution in [0.5, 0.6) is 0 Å². The predicted octanol–water partition coefficient (Wildman–Crippen LogP) is -5.21. The zero-order valence-electron chi connectivity index (χ0n) is 3.25. The molecule has 0 bridgehead atoms. The molecular formula is CH3Cl3OZn. The number of hydrogen-bond acceptors (Lipinski definition) is 1. The van der Waals surface area contributed by atoms with E-state index in [-0.39, 0.29) is 44.3 Å². The fourth-order valence-corrected chi connectivity index (χ4v) is 0. The minimum absolute atomic E-state index is 0. The molecule has 0 aliphatic heterocycles. The fraction of sp³-hybridized carbons (Fsp3) is 1.00. The molecule has 0 amide bonds. The largest absolute Gasteiger partial charge is 2.00 e. The molecule has 0 heterocycles. The second kappa shape index (κ2) is 31.9. The van der Waals surface area contributed by atoms with Crippen LogP contribution in [-0.2, 0) is 23.8 Å². The van der Waals surface area contributed by atoms with Gasteiger partial charge in [0.2, 0.25) is 0 Å². The number of rotatable bonds is 0. The van der Waals surface area contributed by atoms with E-state index in [1.807, 2.05) is 0 Å². The summed E-state index contributed by atoms with van der Waals surface area (Å²) < 4.78 is 3.72. The number of hydrogen-bond donors (Lipinski definition) is 0. The molecule has 0 saturated carbocycles. The van der Waals surface area contributed by atoms with Crippen molar-refractivity contribution in [1.29, 1.82) is 0 Å². The van der Waals surface area contributed by atoms with Gasteiger partial charge in [-0.2, -0.15) is 0 Å². The first-order valence-electron chi connectivity index (χ1n) is 0.563. The molecule has 0 N–H and O–H groups in total. The van der Waals surface area contributed by atoms with Gasteiger partial charge >= 0.3 is 19.5 Å². The first-order valence-corrected chi connectivity index (χ1v) is 0.871. The summed E-state index contributed by atoms with van der Waals surface area (Å²) in [7, 11) is 1.39. The standard InChI is InChI=1S/CH3ClO.2ClH.Zn/c1-3-2;;;/h1H3;2*1H;/q;;;+2/p-2. The van der Waals surface area contributed by atoms with Crippen LogP contribution in [0.25, 0.3) is 0 Å². The first kappa shape index (κ1) is 26.0. The SMILES string of the molecule is COCl.[Cl-].[Cl-].[Zn+2]. The maximum atomic E-state index is 4.50. The molecule has 0 aliphatic rings. The average molecular weight is 203 g/mol. The molecule has 36 valence electrons. The summed E-state index contributed by atoms with van der Waals surface area (Å²) in [5.41, 5.74) is 0. The Labute approximate surface area is 67.5 Å². The second-order valence-corrected chi connectivity index (χ2v) is 0.463. The van der Waals surface area contributed by atoms with E-state index in [1.165, 1.54) is 7.11 Å². The van der Waals surface area contributed by atoms with Gasteiger partial charge in [0.05, 0.1) is 19.0 Å². The van der Waals surface area contributed by atoms with Gasteiger partial charge in [0.25, 0.3) is 0 Å². The minimum Gasteiger partial charge on any atom is -1.00 e. The molecule has 0 aliphatic carbocycles. The van der Waals surface area contributed by atoms with E-state index in [0.717, 1.165) is 0 Å². The van der Waals surface area contributed by atoms with Crippen LogP contribution in [0.2, 0.25) is 0 Å². The van der Waals surface area contributed by atoms with Crippen molar-refractivity contribution < 1.29 is 48.6 Å². The summed E-state index contributed by atoms with van der Waals surface area (Å²) >= 11 is 4.50. The Bertz CT molecular complexity index is 10.8. The molecule has 0 unspecified atom stereocenters. The molecule has 0 spiro atoms. The zero-order valence-corrected chi connectivity index (χ0v) is 8.48. The summed E-state index contributed by atoms with van der Waals surface area (Å²) in [6.45, 7) is 0. The summed E-state index contributed by atoms with van der Waals surface area (Å²) in [5, 5.41) is 0. The van der Waals surface area contributed by atoms with Crippen molar-refractivity contribution in [3.63, 3.8) is 0 Å². The van der Waals surface area contributed by atoms with Crippen LogP contribution >= 0.6 is 11.9 Å². The Morgan fingerprint density at radius 1 is 1.33 bits per heavy atom. The second-order valence-electron chi connectivity index (χ2n) is 0.154. The Morgan fingerprint density at radius 2 is 1.33 bits per heavy atom. The molecule has 0 radical (unpaired) electrons. The zero-order chi connectivity index (χ0) is 2.71. The van der Waals surface area contributed by atoms with Crippen LogP contribution in [0.3, 0.4) is 0 Å². The van der Waals surface area contributed by atoms with E-state index in [1.54, 1.807) is 0 Å². The Balaban J connectivity index is -0.00000000667. The molecule has 0 aromatic heterocycles. The van der Waals surface area contributed by atoms with Crippen LogP contribution in [-0.4, -0.2) is 7.11 Å². The third kappa shape index (κ3) is 51.2. The van der Waals surface area contributed by atoms with Gasteiger partial charge < -0.3 is 24.8 Å². The van der Waals surface area contributed by atoms with E-state index in [4.69, 9.17) is 0 Å². The maximum absolute atomic E-state index is 4.50. The van der Waals surface area contributed by atoms with E-state index in [9.17, 15) is 0 Å². The number of halogens is 3. The van der Waals surface area contributed by atoms with Crippen LogP contribution in [0.15, 0.2) is 0 Å². The molecule has 0 atom stereocenters. The first-order chi connectivity index (χ1) is 1.41. The van der Waals surface area contributed by atoms with Crippen LogP contribution in [0.1, 0.15) is 0 Å². The van der Waals surface area contributed by atoms with Crippen molar-refractivity contribution in [2.75, 3.05) is 7.11 Å². The van der Waals surface area contributed by atoms with Gasteiger partial charge in [0.1, 0.15) is 0 Å². The summed E-state index contributed by atoms with van der Waals surface area (Å²) in [5.74, 6) is 0. The van der Waals surface area contributed by atoms with Gasteiger partial charge in [-0.15, -0.1) is 0 Å². The van der Waals surface area contributed by atoms with Gasteiger partial charge in [-0.05, 0) is 0 Å². The smallest absolute Gasteiger partial charge is 1.00 e. The van der Waals surface area contributed by atoms with Gasteiger partial charge in [-0.1, -0.05) is 0 Å². The van der Waals surface area contributed by atoms with Gasteiger partial charge in [0.15, 0.2) is 0 Å². The molecule has 0 aromatic carbocycles. The van der Waals surface area contributed by atoms with Crippen molar-refractivity contribution >= 4 is 11.9 Å². The van der Waals surface area contributed by atoms with Crippen LogP contribution in [0, 0.1) is 0 Å². The van der Waals surface area contributed by atoms with E-state index >= 15 is 0 Å². The normalized spacial score (nSPS) is 3.00. The fourth-order valence-electron chi connectivity index (χ4n) is 0. The van der Waals surface area contributed by atoms with Crippen LogP contribution in [0.4, 0.5) is 0 Å². The third-order valence-electron chi connectivity index (χ3n) is 0. The molecule has 0 fully saturated rings. The average Bonchev–Trinajstić information content (AvgIpc) is 0.918. The van der Waals surface area contributed by atoms with Crippen molar-refractivity contribution in [1.82, 2.24) is 0 Å². The van der Waals surface area contributed by atoms with E-state index < -0.39 is 0 Å². The van der Waals surface area contributed by atoms with Crippen LogP contribution < -0.4 is 24.8 Å². The summed E-state index contributed by atoms with van der Waals surface area (Å²) in [6.07, 6.45) is 0. The molecule has 0 rings (SSSR count). The summed E-state index contributed by atoms with van der Waals surface area (Å²) in [4.78, 5) is 0. The van der Waals surface area contributed by atoms with Gasteiger partial charge in [-0.3, -0.25) is 4.29 Å². The Kier molecular flexibility index (Phi) is 138. The minimum atomic E-state index is 0. The maximum Gasteiger partial charge on any atom is 2.00 e. The van der Waals surface area contributed by atoms with Crippen molar-refractivity contribution in [3.05, 3.63) is 0 Å². The molecule has 5 heteroatoms. The summed E-state index contributed by atoms with van der Waals surface area (Å²) in [6, 6.07) is 0. The molecule has 0 aromatic rings. The van der Waals surface area contributed by atoms with Crippen molar-refractivity contribution in [2.24, 2.45) is 0 Å². The molecule has 6 heavy (non-hydrogen) atoms. The van der Waals surface area contributed by atoms with Gasteiger partial charge in [-0.25, -0.2) is 0 Å². The molecular weight excluding hydrogens is 200 g/mol. The van der Waals surface area contributed by atoms with Gasteiger partial charge in [0, 0.05) is 0 Å². The Morgan fingerprint density at radius 3 is 1.33 bits per heavy atom. The monoisotopic (exact) mass is 200 g/mol. The molecule has 0 saturated heterocycles. The van der Waals surface area contributed by atoms with Crippen molar-refractivity contribution in [2.45, 2.75) is 0 Å². The van der Waals surface area contributed by atoms with E-state index in [0.29, 0.717) is 0 Å². The third-order valence-corrected chi connectivity index (χ3v) is 0.